The Morgan fingerprint density at radius 1 is 1.14 bits per heavy atom. The summed E-state index contributed by atoms with van der Waals surface area (Å²) >= 11 is 0. The molecule has 0 amide bonds. The van der Waals surface area contributed by atoms with E-state index >= 15 is 0 Å². The summed E-state index contributed by atoms with van der Waals surface area (Å²) in [6.07, 6.45) is 3.23. The molecule has 3 nitrogen and oxygen atoms in total. The highest BCUT2D eigenvalue weighted by molar-refractivity contribution is 5.18. The van der Waals surface area contributed by atoms with Crippen LogP contribution in [0, 0.1) is 5.82 Å². The first-order valence-corrected chi connectivity index (χ1v) is 8.48. The predicted octanol–water partition coefficient (Wildman–Crippen LogP) is 2.81. The molecule has 0 aliphatic carbocycles. The maximum Gasteiger partial charge on any atom is 0.123 e. The van der Waals surface area contributed by atoms with Crippen molar-refractivity contribution in [3.8, 4) is 0 Å². The molecule has 2 bridgehead atoms. The number of aliphatic hydroxyl groups is 1. The zero-order valence-corrected chi connectivity index (χ0v) is 13.6. The Morgan fingerprint density at radius 3 is 2.50 bits per heavy atom. The first-order valence-electron chi connectivity index (χ1n) is 8.48. The molecule has 1 N–H and O–H groups in total. The number of rotatable bonds is 4. The van der Waals surface area contributed by atoms with Crippen LogP contribution in [-0.2, 0) is 0 Å². The Balaban J connectivity index is 1.63. The number of likely N-dealkylation sites (tertiary alicyclic amines) is 1. The van der Waals surface area contributed by atoms with Crippen molar-refractivity contribution in [2.24, 2.45) is 0 Å². The highest BCUT2D eigenvalue weighted by Gasteiger charge is 2.38. The molecule has 1 aromatic rings. The van der Waals surface area contributed by atoms with Crippen molar-refractivity contribution >= 4 is 0 Å². The van der Waals surface area contributed by atoms with Crippen LogP contribution in [0.3, 0.4) is 0 Å². The second-order valence-corrected chi connectivity index (χ2v) is 7.04. The summed E-state index contributed by atoms with van der Waals surface area (Å²) in [5.41, 5.74) is 0.802. The SMILES string of the molecule is CC(C)N1C2CCC1CN(CC(O)c1ccc(F)cc1)CC2. The maximum atomic E-state index is 13.0. The lowest BCUT2D eigenvalue weighted by atomic mass is 10.1. The van der Waals surface area contributed by atoms with Crippen molar-refractivity contribution in [3.05, 3.63) is 35.6 Å². The number of β-amino-alcohol motifs (C(OH)–C–C–N with tert-alkyl or cyclic N) is 1. The molecule has 2 fully saturated rings. The van der Waals surface area contributed by atoms with E-state index in [4.69, 9.17) is 0 Å². The molecule has 2 aliphatic rings. The fourth-order valence-corrected chi connectivity index (χ4v) is 4.22. The Hall–Kier alpha value is -0.970. The molecule has 2 aliphatic heterocycles. The molecule has 0 aromatic heterocycles. The first kappa shape index (κ1) is 15.9. The van der Waals surface area contributed by atoms with E-state index in [0.29, 0.717) is 24.7 Å². The van der Waals surface area contributed by atoms with Crippen molar-refractivity contribution in [2.45, 2.75) is 57.3 Å². The summed E-state index contributed by atoms with van der Waals surface area (Å²) < 4.78 is 13.0. The molecule has 0 spiro atoms. The van der Waals surface area contributed by atoms with Crippen LogP contribution < -0.4 is 0 Å². The van der Waals surface area contributed by atoms with Crippen LogP contribution in [0.5, 0.6) is 0 Å². The Labute approximate surface area is 132 Å². The zero-order valence-electron chi connectivity index (χ0n) is 13.6. The first-order chi connectivity index (χ1) is 10.5. The average molecular weight is 306 g/mol. The Kier molecular flexibility index (Phi) is 4.81. The summed E-state index contributed by atoms with van der Waals surface area (Å²) in [5.74, 6) is -0.254. The molecule has 2 heterocycles. The standard InChI is InChI=1S/C18H27FN2O/c1-13(2)21-16-7-8-17(21)11-20(10-9-16)12-18(22)14-3-5-15(19)6-4-14/h3-6,13,16-18,22H,7-12H2,1-2H3. The van der Waals surface area contributed by atoms with Gasteiger partial charge in [0.1, 0.15) is 5.82 Å². The zero-order chi connectivity index (χ0) is 15.7. The van der Waals surface area contributed by atoms with Gasteiger partial charge in [0, 0.05) is 31.2 Å². The van der Waals surface area contributed by atoms with E-state index in [1.54, 1.807) is 12.1 Å². The van der Waals surface area contributed by atoms with Gasteiger partial charge in [0.05, 0.1) is 6.10 Å². The second-order valence-electron chi connectivity index (χ2n) is 7.04. The van der Waals surface area contributed by atoms with Gasteiger partial charge in [0.25, 0.3) is 0 Å². The van der Waals surface area contributed by atoms with Gasteiger partial charge in [0.2, 0.25) is 0 Å². The van der Waals surface area contributed by atoms with Gasteiger partial charge in [-0.15, -0.1) is 0 Å². The van der Waals surface area contributed by atoms with Gasteiger partial charge in [0.15, 0.2) is 0 Å². The van der Waals surface area contributed by atoms with Crippen molar-refractivity contribution in [1.82, 2.24) is 9.80 Å². The molecule has 122 valence electrons. The average Bonchev–Trinajstić information content (AvgIpc) is 2.78. The normalized spacial score (nSPS) is 28.0. The molecule has 4 heteroatoms. The molecular formula is C18H27FN2O. The monoisotopic (exact) mass is 306 g/mol. The largest absolute Gasteiger partial charge is 0.387 e. The van der Waals surface area contributed by atoms with Crippen LogP contribution in [0.4, 0.5) is 4.39 Å². The summed E-state index contributed by atoms with van der Waals surface area (Å²) in [7, 11) is 0. The van der Waals surface area contributed by atoms with Crippen molar-refractivity contribution in [1.29, 1.82) is 0 Å². The van der Waals surface area contributed by atoms with Crippen molar-refractivity contribution in [2.75, 3.05) is 19.6 Å². The van der Waals surface area contributed by atoms with Gasteiger partial charge >= 0.3 is 0 Å². The van der Waals surface area contributed by atoms with Crippen LogP contribution in [0.25, 0.3) is 0 Å². The molecule has 3 atom stereocenters. The van der Waals surface area contributed by atoms with Gasteiger partial charge in [-0.05, 0) is 57.4 Å². The summed E-state index contributed by atoms with van der Waals surface area (Å²) in [4.78, 5) is 5.05. The minimum absolute atomic E-state index is 0.254. The van der Waals surface area contributed by atoms with E-state index in [2.05, 4.69) is 23.6 Å². The summed E-state index contributed by atoms with van der Waals surface area (Å²) in [6, 6.07) is 8.13. The van der Waals surface area contributed by atoms with Gasteiger partial charge in [-0.3, -0.25) is 9.80 Å². The summed E-state index contributed by atoms with van der Waals surface area (Å²) in [5, 5.41) is 10.4. The third-order valence-electron chi connectivity index (χ3n) is 5.21. The third kappa shape index (κ3) is 3.34. The molecule has 3 rings (SSSR count). The number of aliphatic hydroxyl groups excluding tert-OH is 1. The fourth-order valence-electron chi connectivity index (χ4n) is 4.22. The smallest absolute Gasteiger partial charge is 0.123 e. The number of halogens is 1. The van der Waals surface area contributed by atoms with Gasteiger partial charge < -0.3 is 5.11 Å². The lowest BCUT2D eigenvalue weighted by Crippen LogP contribution is -2.43. The molecule has 1 aromatic carbocycles. The lowest BCUT2D eigenvalue weighted by molar-refractivity contribution is 0.100. The third-order valence-corrected chi connectivity index (χ3v) is 5.21. The van der Waals surface area contributed by atoms with E-state index < -0.39 is 6.10 Å². The quantitative estimate of drug-likeness (QED) is 0.926. The van der Waals surface area contributed by atoms with Crippen LogP contribution in [0.2, 0.25) is 0 Å². The molecule has 22 heavy (non-hydrogen) atoms. The highest BCUT2D eigenvalue weighted by atomic mass is 19.1. The van der Waals surface area contributed by atoms with Gasteiger partial charge in [-0.25, -0.2) is 4.39 Å². The number of fused-ring (bicyclic) bond motifs is 2. The van der Waals surface area contributed by atoms with E-state index in [9.17, 15) is 9.50 Å². The minimum atomic E-state index is -0.537. The van der Waals surface area contributed by atoms with Crippen LogP contribution in [0.15, 0.2) is 24.3 Å². The minimum Gasteiger partial charge on any atom is -0.387 e. The van der Waals surface area contributed by atoms with Crippen LogP contribution in [0.1, 0.15) is 44.8 Å². The molecule has 2 saturated heterocycles. The molecule has 3 unspecified atom stereocenters. The Bertz CT molecular complexity index is 490. The predicted molar refractivity (Wildman–Crippen MR) is 86.2 cm³/mol. The summed E-state index contributed by atoms with van der Waals surface area (Å²) in [6.45, 7) is 7.29. The molecule has 0 radical (unpaired) electrons. The number of nitrogens with zero attached hydrogens (tertiary/aromatic N) is 2. The van der Waals surface area contributed by atoms with E-state index in [1.165, 1.54) is 31.4 Å². The van der Waals surface area contributed by atoms with Crippen molar-refractivity contribution in [3.63, 3.8) is 0 Å². The fraction of sp³-hybridized carbons (Fsp3) is 0.667. The van der Waals surface area contributed by atoms with E-state index in [0.717, 1.165) is 18.7 Å². The number of hydrogen-bond donors (Lipinski definition) is 1. The number of hydrogen-bond acceptors (Lipinski definition) is 3. The lowest BCUT2D eigenvalue weighted by Gasteiger charge is -2.32. The van der Waals surface area contributed by atoms with Crippen LogP contribution in [-0.4, -0.2) is 52.7 Å². The number of benzene rings is 1. The molecule has 0 saturated carbocycles. The van der Waals surface area contributed by atoms with Gasteiger partial charge in [-0.1, -0.05) is 12.1 Å². The topological polar surface area (TPSA) is 26.7 Å². The highest BCUT2D eigenvalue weighted by Crippen LogP contribution is 2.32. The second kappa shape index (κ2) is 6.65. The van der Waals surface area contributed by atoms with Crippen molar-refractivity contribution < 1.29 is 9.50 Å². The Morgan fingerprint density at radius 2 is 1.82 bits per heavy atom. The van der Waals surface area contributed by atoms with E-state index in [-0.39, 0.29) is 5.82 Å². The molecular weight excluding hydrogens is 279 g/mol. The van der Waals surface area contributed by atoms with Crippen LogP contribution >= 0.6 is 0 Å². The van der Waals surface area contributed by atoms with E-state index in [1.807, 2.05) is 0 Å². The maximum absolute atomic E-state index is 13.0. The van der Waals surface area contributed by atoms with Gasteiger partial charge in [-0.2, -0.15) is 0 Å².